The van der Waals surface area contributed by atoms with Crippen LogP contribution in [0.5, 0.6) is 0 Å². The number of hydrogen-bond donors (Lipinski definition) is 3. The number of amides is 3. The van der Waals surface area contributed by atoms with E-state index >= 15 is 0 Å². The first-order valence-electron chi connectivity index (χ1n) is 7.16. The Morgan fingerprint density at radius 2 is 2.00 bits per heavy atom. The van der Waals surface area contributed by atoms with Crippen LogP contribution in [0, 0.1) is 5.92 Å². The van der Waals surface area contributed by atoms with Gasteiger partial charge in [-0.3, -0.25) is 19.2 Å². The van der Waals surface area contributed by atoms with E-state index in [1.54, 1.807) is 0 Å². The highest BCUT2D eigenvalue weighted by atomic mass is 16.2. The monoisotopic (exact) mass is 297 g/mol. The first-order valence-corrected chi connectivity index (χ1v) is 7.16. The maximum Gasteiger partial charge on any atom is 0.243 e. The molecule has 0 unspecified atom stereocenters. The minimum atomic E-state index is -0.700. The van der Waals surface area contributed by atoms with E-state index < -0.39 is 12.1 Å². The van der Waals surface area contributed by atoms with Crippen molar-refractivity contribution in [2.75, 3.05) is 6.54 Å². The van der Waals surface area contributed by atoms with Gasteiger partial charge in [0.2, 0.25) is 17.7 Å². The standard InChI is InChI=1S/C14H23N3O4/c1-8(2)6-11(13(20)15-7-9(3)18)17-14(21)10-4-5-12(19)16-10/h8,10-11H,4-7H2,1-3H3,(H,15,20)(H,16,19)(H,17,21)/t10-,11-/m0/s1. The molecular weight excluding hydrogens is 274 g/mol. The maximum atomic E-state index is 12.1. The zero-order chi connectivity index (χ0) is 16.0. The second-order valence-corrected chi connectivity index (χ2v) is 5.77. The van der Waals surface area contributed by atoms with Gasteiger partial charge in [0.15, 0.2) is 0 Å². The van der Waals surface area contributed by atoms with Crippen molar-refractivity contribution in [3.05, 3.63) is 0 Å². The number of nitrogens with one attached hydrogen (secondary N) is 3. The van der Waals surface area contributed by atoms with Gasteiger partial charge in [-0.05, 0) is 25.7 Å². The van der Waals surface area contributed by atoms with E-state index in [-0.39, 0.29) is 36.0 Å². The van der Waals surface area contributed by atoms with Gasteiger partial charge >= 0.3 is 0 Å². The molecule has 1 fully saturated rings. The van der Waals surface area contributed by atoms with E-state index in [9.17, 15) is 19.2 Å². The lowest BCUT2D eigenvalue weighted by Crippen LogP contribution is -2.52. The molecule has 1 aliphatic heterocycles. The lowest BCUT2D eigenvalue weighted by molar-refractivity contribution is -0.131. The normalized spacial score (nSPS) is 19.0. The lowest BCUT2D eigenvalue weighted by atomic mass is 10.0. The van der Waals surface area contributed by atoms with E-state index in [4.69, 9.17) is 0 Å². The van der Waals surface area contributed by atoms with Crippen molar-refractivity contribution in [3.63, 3.8) is 0 Å². The Morgan fingerprint density at radius 3 is 2.48 bits per heavy atom. The van der Waals surface area contributed by atoms with Gasteiger partial charge in [0.05, 0.1) is 6.54 Å². The van der Waals surface area contributed by atoms with Crippen LogP contribution in [0.3, 0.4) is 0 Å². The summed E-state index contributed by atoms with van der Waals surface area (Å²) in [6.07, 6.45) is 1.23. The van der Waals surface area contributed by atoms with Crippen LogP contribution in [0.4, 0.5) is 0 Å². The Morgan fingerprint density at radius 1 is 1.33 bits per heavy atom. The smallest absolute Gasteiger partial charge is 0.243 e. The summed E-state index contributed by atoms with van der Waals surface area (Å²) in [5.41, 5.74) is 0. The number of carbonyl (C=O) groups is 4. The summed E-state index contributed by atoms with van der Waals surface area (Å²) < 4.78 is 0. The Balaban J connectivity index is 2.60. The molecule has 0 aromatic rings. The van der Waals surface area contributed by atoms with Crippen molar-refractivity contribution in [1.29, 1.82) is 0 Å². The SMILES string of the molecule is CC(=O)CNC(=O)[C@H](CC(C)C)NC(=O)[C@@H]1CCC(=O)N1. The molecule has 2 atom stereocenters. The van der Waals surface area contributed by atoms with Crippen molar-refractivity contribution in [2.24, 2.45) is 5.92 Å². The van der Waals surface area contributed by atoms with Crippen molar-refractivity contribution >= 4 is 23.5 Å². The third-order valence-electron chi connectivity index (χ3n) is 3.16. The molecule has 0 saturated carbocycles. The molecule has 3 N–H and O–H groups in total. The molecule has 0 aromatic carbocycles. The highest BCUT2D eigenvalue weighted by molar-refractivity contribution is 5.94. The number of Topliss-reactive ketones (excluding diaryl/α,β-unsaturated/α-hetero) is 1. The molecule has 0 spiro atoms. The number of hydrogen-bond acceptors (Lipinski definition) is 4. The summed E-state index contributed by atoms with van der Waals surface area (Å²) in [6, 6.07) is -1.28. The topological polar surface area (TPSA) is 104 Å². The molecule has 118 valence electrons. The Kier molecular flexibility index (Phi) is 6.33. The summed E-state index contributed by atoms with van der Waals surface area (Å²) in [7, 11) is 0. The predicted molar refractivity (Wildman–Crippen MR) is 76.2 cm³/mol. The second kappa shape index (κ2) is 7.75. The van der Waals surface area contributed by atoms with Gasteiger partial charge in [-0.15, -0.1) is 0 Å². The highest BCUT2D eigenvalue weighted by Gasteiger charge is 2.30. The van der Waals surface area contributed by atoms with Crippen molar-refractivity contribution in [1.82, 2.24) is 16.0 Å². The van der Waals surface area contributed by atoms with Crippen molar-refractivity contribution in [3.8, 4) is 0 Å². The molecule has 0 radical (unpaired) electrons. The third-order valence-corrected chi connectivity index (χ3v) is 3.16. The number of rotatable bonds is 7. The zero-order valence-electron chi connectivity index (χ0n) is 12.7. The fourth-order valence-electron chi connectivity index (χ4n) is 2.12. The van der Waals surface area contributed by atoms with Gasteiger partial charge in [-0.1, -0.05) is 13.8 Å². The lowest BCUT2D eigenvalue weighted by Gasteiger charge is -2.21. The minimum absolute atomic E-state index is 0.0521. The fraction of sp³-hybridized carbons (Fsp3) is 0.714. The molecule has 0 aliphatic carbocycles. The summed E-state index contributed by atoms with van der Waals surface area (Å²) in [4.78, 5) is 46.1. The predicted octanol–water partition coefficient (Wildman–Crippen LogP) is -0.499. The molecule has 0 bridgehead atoms. The van der Waals surface area contributed by atoms with Crippen LogP contribution < -0.4 is 16.0 Å². The van der Waals surface area contributed by atoms with Crippen LogP contribution in [0.25, 0.3) is 0 Å². The van der Waals surface area contributed by atoms with Crippen LogP contribution in [-0.4, -0.2) is 42.1 Å². The van der Waals surface area contributed by atoms with Gasteiger partial charge in [0.25, 0.3) is 0 Å². The number of ketones is 1. The fourth-order valence-corrected chi connectivity index (χ4v) is 2.12. The Hall–Kier alpha value is -1.92. The molecule has 7 heteroatoms. The van der Waals surface area contributed by atoms with E-state index in [1.165, 1.54) is 6.92 Å². The first kappa shape index (κ1) is 17.1. The van der Waals surface area contributed by atoms with Crippen LogP contribution >= 0.6 is 0 Å². The van der Waals surface area contributed by atoms with E-state index in [0.29, 0.717) is 19.3 Å². The summed E-state index contributed by atoms with van der Waals surface area (Å²) in [5.74, 6) is -0.838. The quantitative estimate of drug-likeness (QED) is 0.589. The van der Waals surface area contributed by atoms with E-state index in [1.807, 2.05) is 13.8 Å². The molecule has 1 aliphatic rings. The van der Waals surface area contributed by atoms with Gasteiger partial charge < -0.3 is 16.0 Å². The molecule has 7 nitrogen and oxygen atoms in total. The zero-order valence-corrected chi connectivity index (χ0v) is 12.7. The molecule has 3 amide bonds. The van der Waals surface area contributed by atoms with Gasteiger partial charge in [-0.2, -0.15) is 0 Å². The summed E-state index contributed by atoms with van der Waals surface area (Å²) in [5, 5.41) is 7.72. The first-order chi connectivity index (χ1) is 9.79. The third kappa shape index (κ3) is 5.93. The van der Waals surface area contributed by atoms with Crippen LogP contribution in [0.2, 0.25) is 0 Å². The highest BCUT2D eigenvalue weighted by Crippen LogP contribution is 2.09. The van der Waals surface area contributed by atoms with Crippen molar-refractivity contribution in [2.45, 2.75) is 52.1 Å². The molecule has 1 saturated heterocycles. The van der Waals surface area contributed by atoms with Crippen LogP contribution in [-0.2, 0) is 19.2 Å². The Bertz CT molecular complexity index is 434. The molecule has 1 rings (SSSR count). The minimum Gasteiger partial charge on any atom is -0.347 e. The van der Waals surface area contributed by atoms with E-state index in [0.717, 1.165) is 0 Å². The molecule has 1 heterocycles. The van der Waals surface area contributed by atoms with Gasteiger partial charge in [-0.25, -0.2) is 0 Å². The van der Waals surface area contributed by atoms with Crippen LogP contribution in [0.1, 0.15) is 40.0 Å². The van der Waals surface area contributed by atoms with Gasteiger partial charge in [0, 0.05) is 6.42 Å². The van der Waals surface area contributed by atoms with Crippen LogP contribution in [0.15, 0.2) is 0 Å². The maximum absolute atomic E-state index is 12.1. The summed E-state index contributed by atoms with van der Waals surface area (Å²) in [6.45, 7) is 5.21. The average Bonchev–Trinajstić information content (AvgIpc) is 2.81. The molecule has 21 heavy (non-hydrogen) atoms. The molecule has 0 aromatic heterocycles. The molecular formula is C14H23N3O4. The average molecular weight is 297 g/mol. The number of carbonyl (C=O) groups excluding carboxylic acids is 4. The second-order valence-electron chi connectivity index (χ2n) is 5.77. The van der Waals surface area contributed by atoms with E-state index in [2.05, 4.69) is 16.0 Å². The van der Waals surface area contributed by atoms with Gasteiger partial charge in [0.1, 0.15) is 17.9 Å². The largest absolute Gasteiger partial charge is 0.347 e. The summed E-state index contributed by atoms with van der Waals surface area (Å²) >= 11 is 0. The van der Waals surface area contributed by atoms with Crippen molar-refractivity contribution < 1.29 is 19.2 Å². The Labute approximate surface area is 124 Å².